The van der Waals surface area contributed by atoms with Gasteiger partial charge < -0.3 is 5.11 Å². The number of benzene rings is 2. The quantitative estimate of drug-likeness (QED) is 0.910. The predicted octanol–water partition coefficient (Wildman–Crippen LogP) is 2.43. The molecule has 0 aliphatic rings. The van der Waals surface area contributed by atoms with Gasteiger partial charge in [-0.15, -0.1) is 0 Å². The molecule has 2 N–H and O–H groups in total. The number of anilines is 1. The summed E-state index contributed by atoms with van der Waals surface area (Å²) in [7, 11) is -3.85. The second kappa shape index (κ2) is 5.60. The van der Waals surface area contributed by atoms with Gasteiger partial charge in [-0.05, 0) is 42.3 Å². The van der Waals surface area contributed by atoms with Crippen LogP contribution in [0.3, 0.4) is 0 Å². The van der Waals surface area contributed by atoms with Crippen LogP contribution in [0.15, 0.2) is 47.4 Å². The molecule has 0 aliphatic carbocycles. The van der Waals surface area contributed by atoms with Gasteiger partial charge in [0.1, 0.15) is 5.82 Å². The van der Waals surface area contributed by atoms with Crippen molar-refractivity contribution in [2.45, 2.75) is 18.4 Å². The number of aryl methyl sites for hydroxylation is 1. The second-order valence-electron chi connectivity index (χ2n) is 4.37. The third-order valence-electron chi connectivity index (χ3n) is 2.84. The zero-order chi connectivity index (χ0) is 14.8. The Morgan fingerprint density at radius 3 is 2.60 bits per heavy atom. The fraction of sp³-hybridized carbons (Fsp3) is 0.143. The summed E-state index contributed by atoms with van der Waals surface area (Å²) in [5.41, 5.74) is 1.66. The zero-order valence-electron chi connectivity index (χ0n) is 10.8. The van der Waals surface area contributed by atoms with Crippen molar-refractivity contribution in [3.8, 4) is 0 Å². The number of hydrogen-bond acceptors (Lipinski definition) is 3. The van der Waals surface area contributed by atoms with E-state index in [1.165, 1.54) is 18.2 Å². The molecule has 106 valence electrons. The van der Waals surface area contributed by atoms with Crippen LogP contribution in [0.5, 0.6) is 0 Å². The first-order chi connectivity index (χ1) is 9.42. The molecule has 0 saturated heterocycles. The minimum Gasteiger partial charge on any atom is -0.392 e. The zero-order valence-corrected chi connectivity index (χ0v) is 11.6. The van der Waals surface area contributed by atoms with Crippen LogP contribution in [0.2, 0.25) is 0 Å². The number of halogens is 1. The van der Waals surface area contributed by atoms with Crippen molar-refractivity contribution >= 4 is 15.7 Å². The molecule has 4 nitrogen and oxygen atoms in total. The molecule has 2 rings (SSSR count). The fourth-order valence-corrected chi connectivity index (χ4v) is 2.87. The monoisotopic (exact) mass is 295 g/mol. The highest BCUT2D eigenvalue weighted by atomic mass is 32.2. The Morgan fingerprint density at radius 2 is 1.95 bits per heavy atom. The molecule has 0 heterocycles. The number of hydrogen-bond donors (Lipinski definition) is 2. The summed E-state index contributed by atoms with van der Waals surface area (Å²) in [5.74, 6) is -0.617. The van der Waals surface area contributed by atoms with Gasteiger partial charge in [-0.25, -0.2) is 12.8 Å². The van der Waals surface area contributed by atoms with Crippen LogP contribution in [-0.4, -0.2) is 13.5 Å². The molecule has 2 aromatic rings. The summed E-state index contributed by atoms with van der Waals surface area (Å²) in [4.78, 5) is -0.147. The van der Waals surface area contributed by atoms with Gasteiger partial charge in [0.15, 0.2) is 0 Å². The molecule has 0 amide bonds. The molecule has 0 unspecified atom stereocenters. The summed E-state index contributed by atoms with van der Waals surface area (Å²) >= 11 is 0. The number of aliphatic hydroxyl groups is 1. The molecule has 0 fully saturated rings. The number of aliphatic hydroxyl groups excluding tert-OH is 1. The largest absolute Gasteiger partial charge is 0.392 e. The van der Waals surface area contributed by atoms with E-state index in [9.17, 15) is 12.8 Å². The summed E-state index contributed by atoms with van der Waals surface area (Å²) < 4.78 is 39.8. The lowest BCUT2D eigenvalue weighted by atomic mass is 10.1. The van der Waals surface area contributed by atoms with Gasteiger partial charge in [-0.3, -0.25) is 4.72 Å². The minimum absolute atomic E-state index is 0.147. The number of rotatable bonds is 4. The first kappa shape index (κ1) is 14.5. The summed E-state index contributed by atoms with van der Waals surface area (Å²) in [5, 5.41) is 9.08. The van der Waals surface area contributed by atoms with E-state index in [2.05, 4.69) is 4.72 Å². The molecule has 0 saturated carbocycles. The van der Waals surface area contributed by atoms with Crippen molar-refractivity contribution in [2.75, 3.05) is 4.72 Å². The van der Waals surface area contributed by atoms with E-state index in [1.54, 1.807) is 25.1 Å². The Labute approximate surface area is 116 Å². The van der Waals surface area contributed by atoms with Crippen molar-refractivity contribution in [3.63, 3.8) is 0 Å². The van der Waals surface area contributed by atoms with E-state index in [1.807, 2.05) is 0 Å². The Kier molecular flexibility index (Phi) is 4.06. The number of sulfonamides is 1. The van der Waals surface area contributed by atoms with Crippen molar-refractivity contribution in [1.29, 1.82) is 0 Å². The van der Waals surface area contributed by atoms with Crippen LogP contribution in [0, 0.1) is 12.7 Å². The Hall–Kier alpha value is -1.92. The van der Waals surface area contributed by atoms with Crippen LogP contribution in [-0.2, 0) is 16.6 Å². The summed E-state index contributed by atoms with van der Waals surface area (Å²) in [6.45, 7) is 1.56. The lowest BCUT2D eigenvalue weighted by molar-refractivity contribution is 0.282. The van der Waals surface area contributed by atoms with E-state index < -0.39 is 15.8 Å². The summed E-state index contributed by atoms with van der Waals surface area (Å²) in [6.07, 6.45) is 0. The molecule has 0 atom stereocenters. The van der Waals surface area contributed by atoms with Gasteiger partial charge in [0.25, 0.3) is 10.0 Å². The third-order valence-corrected chi connectivity index (χ3v) is 4.20. The topological polar surface area (TPSA) is 66.4 Å². The molecular weight excluding hydrogens is 281 g/mol. The van der Waals surface area contributed by atoms with E-state index >= 15 is 0 Å². The smallest absolute Gasteiger partial charge is 0.262 e. The maximum absolute atomic E-state index is 13.1. The van der Waals surface area contributed by atoms with E-state index in [0.29, 0.717) is 16.8 Å². The average Bonchev–Trinajstić information content (AvgIpc) is 2.41. The first-order valence-electron chi connectivity index (χ1n) is 5.91. The van der Waals surface area contributed by atoms with Crippen molar-refractivity contribution in [1.82, 2.24) is 0 Å². The highest BCUT2D eigenvalue weighted by molar-refractivity contribution is 7.92. The van der Waals surface area contributed by atoms with Gasteiger partial charge in [0, 0.05) is 0 Å². The maximum Gasteiger partial charge on any atom is 0.262 e. The molecule has 0 radical (unpaired) electrons. The minimum atomic E-state index is -3.85. The third kappa shape index (κ3) is 3.15. The van der Waals surface area contributed by atoms with E-state index in [-0.39, 0.29) is 11.5 Å². The lowest BCUT2D eigenvalue weighted by Crippen LogP contribution is -2.14. The van der Waals surface area contributed by atoms with Gasteiger partial charge in [0.2, 0.25) is 0 Å². The fourth-order valence-electron chi connectivity index (χ4n) is 1.72. The Bertz CT molecular complexity index is 729. The Morgan fingerprint density at radius 1 is 1.20 bits per heavy atom. The number of nitrogens with one attached hydrogen (secondary N) is 1. The van der Waals surface area contributed by atoms with Crippen LogP contribution >= 0.6 is 0 Å². The molecule has 6 heteroatoms. The van der Waals surface area contributed by atoms with E-state index in [0.717, 1.165) is 6.07 Å². The molecule has 20 heavy (non-hydrogen) atoms. The van der Waals surface area contributed by atoms with Crippen LogP contribution < -0.4 is 4.72 Å². The molecular formula is C14H14FNO3S. The first-order valence-corrected chi connectivity index (χ1v) is 7.39. The second-order valence-corrected chi connectivity index (χ2v) is 6.05. The molecule has 0 bridgehead atoms. The van der Waals surface area contributed by atoms with Gasteiger partial charge in [-0.1, -0.05) is 18.2 Å². The molecule has 0 aromatic heterocycles. The van der Waals surface area contributed by atoms with Crippen LogP contribution in [0.25, 0.3) is 0 Å². The summed E-state index contributed by atoms with van der Waals surface area (Å²) in [6, 6.07) is 9.73. The average molecular weight is 295 g/mol. The van der Waals surface area contributed by atoms with E-state index in [4.69, 9.17) is 5.11 Å². The van der Waals surface area contributed by atoms with Crippen LogP contribution in [0.1, 0.15) is 11.1 Å². The molecule has 0 aliphatic heterocycles. The standard InChI is InChI=1S/C14H14FNO3S/c1-10-5-6-11(9-17)7-14(10)16-20(18,19)13-4-2-3-12(15)8-13/h2-8,16-17H,9H2,1H3. The Balaban J connectivity index is 2.38. The highest BCUT2D eigenvalue weighted by Crippen LogP contribution is 2.21. The van der Waals surface area contributed by atoms with Gasteiger partial charge >= 0.3 is 0 Å². The maximum atomic E-state index is 13.1. The molecule has 2 aromatic carbocycles. The van der Waals surface area contributed by atoms with Crippen molar-refractivity contribution < 1.29 is 17.9 Å². The molecule has 0 spiro atoms. The lowest BCUT2D eigenvalue weighted by Gasteiger charge is -2.11. The predicted molar refractivity (Wildman–Crippen MR) is 74.3 cm³/mol. The highest BCUT2D eigenvalue weighted by Gasteiger charge is 2.16. The van der Waals surface area contributed by atoms with Crippen LogP contribution in [0.4, 0.5) is 10.1 Å². The normalized spacial score (nSPS) is 11.3. The van der Waals surface area contributed by atoms with Gasteiger partial charge in [-0.2, -0.15) is 0 Å². The van der Waals surface area contributed by atoms with Gasteiger partial charge in [0.05, 0.1) is 17.2 Å². The SMILES string of the molecule is Cc1ccc(CO)cc1NS(=O)(=O)c1cccc(F)c1. The van der Waals surface area contributed by atoms with Crippen molar-refractivity contribution in [3.05, 3.63) is 59.4 Å². The van der Waals surface area contributed by atoms with Crippen molar-refractivity contribution in [2.24, 2.45) is 0 Å².